The molecule has 2 heterocycles. The van der Waals surface area contributed by atoms with E-state index in [9.17, 15) is 9.59 Å². The smallest absolute Gasteiger partial charge is 0.303 e. The topological polar surface area (TPSA) is 70.1 Å². The maximum absolute atomic E-state index is 13.5. The summed E-state index contributed by atoms with van der Waals surface area (Å²) in [6.07, 6.45) is 7.11. The molecule has 216 valence electrons. The molecule has 0 bridgehead atoms. The van der Waals surface area contributed by atoms with E-state index >= 15 is 0 Å². The van der Waals surface area contributed by atoms with E-state index in [1.807, 2.05) is 41.3 Å². The quantitative estimate of drug-likeness (QED) is 0.283. The monoisotopic (exact) mass is 554 g/mol. The lowest BCUT2D eigenvalue weighted by atomic mass is 9.84. The van der Waals surface area contributed by atoms with Gasteiger partial charge in [0.15, 0.2) is 0 Å². The van der Waals surface area contributed by atoms with Crippen molar-refractivity contribution < 1.29 is 19.4 Å². The number of benzene rings is 3. The third-order valence-electron chi connectivity index (χ3n) is 8.44. The van der Waals surface area contributed by atoms with Gasteiger partial charge in [0.2, 0.25) is 0 Å². The van der Waals surface area contributed by atoms with Crippen LogP contribution in [0.15, 0.2) is 66.7 Å². The highest BCUT2D eigenvalue weighted by atomic mass is 16.5. The van der Waals surface area contributed by atoms with Gasteiger partial charge in [-0.2, -0.15) is 0 Å². The molecule has 6 heteroatoms. The number of nitrogens with zero attached hydrogens (tertiary/aromatic N) is 2. The number of hydrogen-bond donors (Lipinski definition) is 1. The van der Waals surface area contributed by atoms with Crippen LogP contribution in [0.25, 0.3) is 16.3 Å². The fraction of sp³-hybridized carbons (Fsp3) is 0.429. The number of amides is 1. The van der Waals surface area contributed by atoms with Gasteiger partial charge in [0.25, 0.3) is 5.91 Å². The van der Waals surface area contributed by atoms with E-state index in [1.165, 1.54) is 37.1 Å². The number of piperidine rings is 1. The number of likely N-dealkylation sites (tertiary alicyclic amines) is 1. The van der Waals surface area contributed by atoms with Crippen molar-refractivity contribution in [1.82, 2.24) is 9.80 Å². The molecule has 0 saturated carbocycles. The van der Waals surface area contributed by atoms with Gasteiger partial charge >= 0.3 is 5.97 Å². The highest BCUT2D eigenvalue weighted by Gasteiger charge is 2.26. The zero-order chi connectivity index (χ0) is 28.8. The lowest BCUT2D eigenvalue weighted by Gasteiger charge is -2.38. The first-order valence-corrected chi connectivity index (χ1v) is 15.0. The number of carbonyl (C=O) groups is 2. The van der Waals surface area contributed by atoms with Gasteiger partial charge in [-0.25, -0.2) is 0 Å². The number of carboxylic acids is 1. The zero-order valence-electron chi connectivity index (χ0n) is 24.4. The zero-order valence-corrected chi connectivity index (χ0v) is 24.4. The number of carbonyl (C=O) groups excluding carboxylic acids is 1. The summed E-state index contributed by atoms with van der Waals surface area (Å²) in [5.41, 5.74) is 4.48. The second-order valence-corrected chi connectivity index (χ2v) is 12.2. The van der Waals surface area contributed by atoms with Crippen LogP contribution < -0.4 is 4.74 Å². The SMILES string of the molecule is CC1(C)CCCN(CCCOc2ccc(C3=CCN(C(=O)c4ccc(CCC(=O)O)c5ccccc45)CC3)cc2)C1. The van der Waals surface area contributed by atoms with Crippen LogP contribution in [0.4, 0.5) is 0 Å². The third kappa shape index (κ3) is 7.36. The Morgan fingerprint density at radius 2 is 1.76 bits per heavy atom. The van der Waals surface area contributed by atoms with E-state index in [1.54, 1.807) is 0 Å². The normalized spacial score (nSPS) is 17.3. The standard InChI is InChI=1S/C35H42N2O4/c1-35(2)19-5-20-36(25-35)21-6-24-41-29-13-9-26(10-14-29)27-17-22-37(23-18-27)34(40)32-15-11-28(12-16-33(38)39)30-7-3-4-8-31(30)32/h3-4,7-11,13-15,17H,5-6,12,16,18-25H2,1-2H3,(H,38,39). The van der Waals surface area contributed by atoms with Crippen LogP contribution >= 0.6 is 0 Å². The van der Waals surface area contributed by atoms with Crippen LogP contribution in [0.5, 0.6) is 5.75 Å². The summed E-state index contributed by atoms with van der Waals surface area (Å²) in [7, 11) is 0. The van der Waals surface area contributed by atoms with Gasteiger partial charge in [-0.1, -0.05) is 62.4 Å². The van der Waals surface area contributed by atoms with Crippen LogP contribution in [0.3, 0.4) is 0 Å². The molecule has 0 spiro atoms. The molecular weight excluding hydrogens is 512 g/mol. The summed E-state index contributed by atoms with van der Waals surface area (Å²) < 4.78 is 6.03. The Bertz CT molecular complexity index is 1410. The van der Waals surface area contributed by atoms with Gasteiger partial charge in [0.1, 0.15) is 5.75 Å². The van der Waals surface area contributed by atoms with Crippen molar-refractivity contribution in [3.05, 3.63) is 83.4 Å². The second-order valence-electron chi connectivity index (χ2n) is 12.2. The maximum atomic E-state index is 13.5. The van der Waals surface area contributed by atoms with Crippen molar-refractivity contribution in [2.75, 3.05) is 39.3 Å². The molecule has 2 aliphatic rings. The number of aryl methyl sites for hydroxylation is 1. The van der Waals surface area contributed by atoms with Gasteiger partial charge in [-0.3, -0.25) is 9.59 Å². The summed E-state index contributed by atoms with van der Waals surface area (Å²) in [6, 6.07) is 19.9. The third-order valence-corrected chi connectivity index (χ3v) is 8.44. The van der Waals surface area contributed by atoms with Crippen LogP contribution in [-0.4, -0.2) is 66.1 Å². The van der Waals surface area contributed by atoms with Gasteiger partial charge < -0.3 is 19.6 Å². The molecule has 1 amide bonds. The van der Waals surface area contributed by atoms with E-state index in [-0.39, 0.29) is 12.3 Å². The molecule has 0 unspecified atom stereocenters. The second kappa shape index (κ2) is 12.9. The van der Waals surface area contributed by atoms with Gasteiger partial charge in [0, 0.05) is 38.2 Å². The Kier molecular flexibility index (Phi) is 9.09. The molecule has 1 saturated heterocycles. The summed E-state index contributed by atoms with van der Waals surface area (Å²) in [5.74, 6) is 0.0950. The minimum Gasteiger partial charge on any atom is -0.494 e. The van der Waals surface area contributed by atoms with Gasteiger partial charge in [0.05, 0.1) is 6.61 Å². The fourth-order valence-electron chi connectivity index (χ4n) is 6.27. The minimum atomic E-state index is -0.820. The first-order chi connectivity index (χ1) is 19.8. The molecule has 6 nitrogen and oxygen atoms in total. The van der Waals surface area contributed by atoms with Crippen molar-refractivity contribution in [2.24, 2.45) is 5.41 Å². The molecule has 0 aliphatic carbocycles. The van der Waals surface area contributed by atoms with Crippen LogP contribution in [-0.2, 0) is 11.2 Å². The molecule has 41 heavy (non-hydrogen) atoms. The number of ether oxygens (including phenoxy) is 1. The van der Waals surface area contributed by atoms with Crippen molar-refractivity contribution in [2.45, 2.75) is 52.4 Å². The number of aliphatic carboxylic acids is 1. The number of fused-ring (bicyclic) bond motifs is 1. The number of rotatable bonds is 10. The van der Waals surface area contributed by atoms with E-state index < -0.39 is 5.97 Å². The first kappa shape index (κ1) is 28.9. The molecule has 0 radical (unpaired) electrons. The van der Waals surface area contributed by atoms with Crippen LogP contribution in [0.2, 0.25) is 0 Å². The van der Waals surface area contributed by atoms with Crippen molar-refractivity contribution in [3.63, 3.8) is 0 Å². The molecule has 2 aliphatic heterocycles. The first-order valence-electron chi connectivity index (χ1n) is 15.0. The number of hydrogen-bond acceptors (Lipinski definition) is 4. The summed E-state index contributed by atoms with van der Waals surface area (Å²) >= 11 is 0. The molecule has 0 atom stereocenters. The van der Waals surface area contributed by atoms with Gasteiger partial charge in [-0.15, -0.1) is 0 Å². The Labute approximate surface area is 243 Å². The van der Waals surface area contributed by atoms with E-state index in [2.05, 4.69) is 49.1 Å². The summed E-state index contributed by atoms with van der Waals surface area (Å²) in [5, 5.41) is 10.9. The number of carboxylic acid groups (broad SMARTS) is 1. The van der Waals surface area contributed by atoms with E-state index in [4.69, 9.17) is 9.84 Å². The van der Waals surface area contributed by atoms with Crippen molar-refractivity contribution >= 4 is 28.2 Å². The molecule has 1 fully saturated rings. The lowest BCUT2D eigenvalue weighted by Crippen LogP contribution is -2.40. The highest BCUT2D eigenvalue weighted by Crippen LogP contribution is 2.30. The summed E-state index contributed by atoms with van der Waals surface area (Å²) in [4.78, 5) is 29.1. The van der Waals surface area contributed by atoms with Gasteiger partial charge in [-0.05, 0) is 89.7 Å². The molecule has 1 N–H and O–H groups in total. The highest BCUT2D eigenvalue weighted by molar-refractivity contribution is 6.08. The Morgan fingerprint density at radius 3 is 2.46 bits per heavy atom. The Hall–Kier alpha value is -3.64. The van der Waals surface area contributed by atoms with E-state index in [0.29, 0.717) is 30.5 Å². The predicted octanol–water partition coefficient (Wildman–Crippen LogP) is 6.68. The minimum absolute atomic E-state index is 0.0122. The molecule has 0 aromatic heterocycles. The molecule has 3 aromatic carbocycles. The van der Waals surface area contributed by atoms with Crippen LogP contribution in [0.1, 0.15) is 67.4 Å². The Morgan fingerprint density at radius 1 is 0.976 bits per heavy atom. The Balaban J connectivity index is 1.15. The van der Waals surface area contributed by atoms with Crippen molar-refractivity contribution in [3.8, 4) is 5.75 Å². The fourth-order valence-corrected chi connectivity index (χ4v) is 6.27. The predicted molar refractivity (Wildman–Crippen MR) is 164 cm³/mol. The largest absolute Gasteiger partial charge is 0.494 e. The molecule has 5 rings (SSSR count). The van der Waals surface area contributed by atoms with Crippen molar-refractivity contribution in [1.29, 1.82) is 0 Å². The molecule has 3 aromatic rings. The lowest BCUT2D eigenvalue weighted by molar-refractivity contribution is -0.136. The maximum Gasteiger partial charge on any atom is 0.303 e. The molecular formula is C35H42N2O4. The van der Waals surface area contributed by atoms with E-state index in [0.717, 1.165) is 48.1 Å². The average Bonchev–Trinajstić information content (AvgIpc) is 2.97. The average molecular weight is 555 g/mol. The summed E-state index contributed by atoms with van der Waals surface area (Å²) in [6.45, 7) is 10.1. The van der Waals surface area contributed by atoms with Crippen LogP contribution in [0, 0.1) is 5.41 Å².